The normalized spacial score (nSPS) is 11.2. The third-order valence-electron chi connectivity index (χ3n) is 1.81. The summed E-state index contributed by atoms with van der Waals surface area (Å²) in [5.41, 5.74) is 0.961. The van der Waals surface area contributed by atoms with Crippen molar-refractivity contribution in [2.24, 2.45) is 0 Å². The summed E-state index contributed by atoms with van der Waals surface area (Å²) in [6.45, 7) is -1.66. The van der Waals surface area contributed by atoms with Gasteiger partial charge in [0, 0.05) is 11.6 Å². The second-order valence-corrected chi connectivity index (χ2v) is 4.11. The molecule has 0 aliphatic carbocycles. The zero-order valence-corrected chi connectivity index (χ0v) is 10.6. The smallest absolute Gasteiger partial charge is 0.267 e. The van der Waals surface area contributed by atoms with Gasteiger partial charge in [0.15, 0.2) is 6.61 Å². The second-order valence-electron chi connectivity index (χ2n) is 3.26. The maximum atomic E-state index is 11.8. The number of nitro groups is 1. The van der Waals surface area contributed by atoms with Crippen molar-refractivity contribution in [3.05, 3.63) is 38.3 Å². The van der Waals surface area contributed by atoms with E-state index in [0.29, 0.717) is 0 Å². The Morgan fingerprint density at radius 2 is 2.11 bits per heavy atom. The zero-order chi connectivity index (χ0) is 14.6. The molecule has 0 heterocycles. The average Bonchev–Trinajstić information content (AvgIpc) is 2.27. The van der Waals surface area contributed by atoms with Crippen LogP contribution in [0.5, 0.6) is 0 Å². The molecule has 1 amide bonds. The lowest BCUT2D eigenvalue weighted by atomic mass is 10.2. The summed E-state index contributed by atoms with van der Waals surface area (Å²) in [7, 11) is 0. The van der Waals surface area contributed by atoms with Gasteiger partial charge in [0.05, 0.1) is 9.40 Å². The van der Waals surface area contributed by atoms with E-state index in [1.165, 1.54) is 12.1 Å². The number of nitrogens with one attached hydrogen (secondary N) is 1. The molecule has 0 aromatic heterocycles. The first kappa shape index (κ1) is 15.4. The van der Waals surface area contributed by atoms with Crippen LogP contribution < -0.4 is 5.48 Å². The maximum Gasteiger partial charge on any atom is 0.414 e. The molecule has 1 N–H and O–H groups in total. The number of nitrogens with zero attached hydrogens (tertiary/aromatic N) is 1. The highest BCUT2D eigenvalue weighted by atomic mass is 79.9. The predicted octanol–water partition coefficient (Wildman–Crippen LogP) is 2.58. The lowest BCUT2D eigenvalue weighted by Gasteiger charge is -2.08. The van der Waals surface area contributed by atoms with E-state index in [-0.39, 0.29) is 15.7 Å². The van der Waals surface area contributed by atoms with Crippen LogP contribution >= 0.6 is 15.9 Å². The molecule has 1 aromatic rings. The molecule has 0 fully saturated rings. The van der Waals surface area contributed by atoms with Gasteiger partial charge in [0.2, 0.25) is 0 Å². The summed E-state index contributed by atoms with van der Waals surface area (Å²) < 4.78 is 35.4. The number of carbonyl (C=O) groups excluding carboxylic acids is 1. The van der Waals surface area contributed by atoms with Crippen molar-refractivity contribution in [2.45, 2.75) is 6.18 Å². The van der Waals surface area contributed by atoms with Crippen LogP contribution in [0.1, 0.15) is 10.4 Å². The average molecular weight is 343 g/mol. The Kier molecular flexibility index (Phi) is 4.84. The van der Waals surface area contributed by atoms with Crippen molar-refractivity contribution in [2.75, 3.05) is 6.61 Å². The minimum absolute atomic E-state index is 0.144. The molecule has 0 unspecified atom stereocenters. The van der Waals surface area contributed by atoms with Crippen LogP contribution in [0.2, 0.25) is 0 Å². The van der Waals surface area contributed by atoms with E-state index in [2.05, 4.69) is 20.8 Å². The molecule has 0 aliphatic rings. The number of nitro benzene ring substituents is 1. The Balaban J connectivity index is 2.73. The number of rotatable bonds is 4. The number of carbonyl (C=O) groups is 1. The highest BCUT2D eigenvalue weighted by molar-refractivity contribution is 9.10. The minimum atomic E-state index is -4.58. The number of amides is 1. The fourth-order valence-corrected chi connectivity index (χ4v) is 1.43. The summed E-state index contributed by atoms with van der Waals surface area (Å²) in [5.74, 6) is -1.01. The van der Waals surface area contributed by atoms with Crippen LogP contribution in [-0.4, -0.2) is 23.6 Å². The van der Waals surface area contributed by atoms with Gasteiger partial charge in [-0.25, -0.2) is 5.48 Å². The minimum Gasteiger partial charge on any atom is -0.267 e. The maximum absolute atomic E-state index is 11.8. The first-order chi connectivity index (χ1) is 8.70. The largest absolute Gasteiger partial charge is 0.414 e. The molecule has 0 spiro atoms. The molecule has 104 valence electrons. The van der Waals surface area contributed by atoms with Crippen molar-refractivity contribution in [3.8, 4) is 0 Å². The van der Waals surface area contributed by atoms with Gasteiger partial charge in [-0.3, -0.25) is 19.7 Å². The molecule has 19 heavy (non-hydrogen) atoms. The molecule has 0 aliphatic heterocycles. The van der Waals surface area contributed by atoms with Gasteiger partial charge in [-0.05, 0) is 28.1 Å². The molecular formula is C9H6BrF3N2O4. The second kappa shape index (κ2) is 5.97. The molecule has 10 heteroatoms. The monoisotopic (exact) mass is 342 g/mol. The fourth-order valence-electron chi connectivity index (χ4n) is 1.04. The van der Waals surface area contributed by atoms with Crippen LogP contribution in [0.4, 0.5) is 18.9 Å². The highest BCUT2D eigenvalue weighted by Gasteiger charge is 2.28. The lowest BCUT2D eigenvalue weighted by molar-refractivity contribution is -0.385. The summed E-state index contributed by atoms with van der Waals surface area (Å²) in [4.78, 5) is 25.2. The Morgan fingerprint density at radius 1 is 1.47 bits per heavy atom. The molecule has 6 nitrogen and oxygen atoms in total. The lowest BCUT2D eigenvalue weighted by Crippen LogP contribution is -2.29. The summed E-state index contributed by atoms with van der Waals surface area (Å²) in [6.07, 6.45) is -4.58. The summed E-state index contributed by atoms with van der Waals surface area (Å²) in [5, 5.41) is 10.6. The van der Waals surface area contributed by atoms with Crippen molar-refractivity contribution in [1.82, 2.24) is 5.48 Å². The van der Waals surface area contributed by atoms with Crippen LogP contribution in [0.25, 0.3) is 0 Å². The van der Waals surface area contributed by atoms with Crippen molar-refractivity contribution < 1.29 is 27.7 Å². The first-order valence-corrected chi connectivity index (χ1v) is 5.43. The van der Waals surface area contributed by atoms with Crippen molar-refractivity contribution >= 4 is 27.5 Å². The first-order valence-electron chi connectivity index (χ1n) is 4.63. The molecule has 1 aromatic carbocycles. The quantitative estimate of drug-likeness (QED) is 0.673. The van der Waals surface area contributed by atoms with Crippen LogP contribution in [0, 0.1) is 10.1 Å². The standard InChI is InChI=1S/C9H6BrF3N2O4/c10-6-2-1-5(3-7(6)15(17)18)8(16)14-19-4-9(11,12)13/h1-3H,4H2,(H,14,16). The third-order valence-corrected chi connectivity index (χ3v) is 2.48. The molecule has 0 saturated heterocycles. The SMILES string of the molecule is O=C(NOCC(F)(F)F)c1ccc(Br)c([N+](=O)[O-])c1. The van der Waals surface area contributed by atoms with E-state index in [9.17, 15) is 28.1 Å². The van der Waals surface area contributed by atoms with E-state index >= 15 is 0 Å². The zero-order valence-electron chi connectivity index (χ0n) is 9.03. The number of alkyl halides is 3. The molecule has 0 atom stereocenters. The summed E-state index contributed by atoms with van der Waals surface area (Å²) >= 11 is 2.91. The van der Waals surface area contributed by atoms with Gasteiger partial charge in [0.25, 0.3) is 11.6 Å². The molecule has 0 radical (unpaired) electrons. The van der Waals surface area contributed by atoms with E-state index in [4.69, 9.17) is 0 Å². The van der Waals surface area contributed by atoms with Crippen LogP contribution in [0.15, 0.2) is 22.7 Å². The van der Waals surface area contributed by atoms with Gasteiger partial charge in [0.1, 0.15) is 0 Å². The van der Waals surface area contributed by atoms with Gasteiger partial charge < -0.3 is 0 Å². The Hall–Kier alpha value is -1.68. The van der Waals surface area contributed by atoms with E-state index in [1.807, 2.05) is 0 Å². The Labute approximate surface area is 112 Å². The van der Waals surface area contributed by atoms with E-state index in [1.54, 1.807) is 5.48 Å². The number of benzene rings is 1. The third kappa shape index (κ3) is 4.83. The van der Waals surface area contributed by atoms with Crippen molar-refractivity contribution in [1.29, 1.82) is 0 Å². The van der Waals surface area contributed by atoms with Gasteiger partial charge >= 0.3 is 6.18 Å². The fraction of sp³-hybridized carbons (Fsp3) is 0.222. The number of hydrogen-bond donors (Lipinski definition) is 1. The van der Waals surface area contributed by atoms with Gasteiger partial charge in [-0.15, -0.1) is 0 Å². The number of hydroxylamine groups is 1. The van der Waals surface area contributed by atoms with Crippen LogP contribution in [0.3, 0.4) is 0 Å². The highest BCUT2D eigenvalue weighted by Crippen LogP contribution is 2.25. The predicted molar refractivity (Wildman–Crippen MR) is 60.3 cm³/mol. The molecular weight excluding hydrogens is 337 g/mol. The van der Waals surface area contributed by atoms with E-state index in [0.717, 1.165) is 6.07 Å². The topological polar surface area (TPSA) is 81.5 Å². The number of hydrogen-bond acceptors (Lipinski definition) is 4. The summed E-state index contributed by atoms with van der Waals surface area (Å²) in [6, 6.07) is 3.34. The molecule has 0 bridgehead atoms. The molecule has 1 rings (SSSR count). The van der Waals surface area contributed by atoms with Crippen molar-refractivity contribution in [3.63, 3.8) is 0 Å². The van der Waals surface area contributed by atoms with Crippen LogP contribution in [-0.2, 0) is 4.84 Å². The molecule has 0 saturated carbocycles. The van der Waals surface area contributed by atoms with E-state index < -0.39 is 23.6 Å². The van der Waals surface area contributed by atoms with Gasteiger partial charge in [-0.2, -0.15) is 13.2 Å². The Morgan fingerprint density at radius 3 is 2.63 bits per heavy atom. The Bertz CT molecular complexity index is 507. The van der Waals surface area contributed by atoms with Gasteiger partial charge in [-0.1, -0.05) is 0 Å². The number of halogens is 4.